The van der Waals surface area contributed by atoms with Gasteiger partial charge in [-0.25, -0.2) is 4.79 Å². The van der Waals surface area contributed by atoms with Crippen molar-refractivity contribution in [3.05, 3.63) is 102 Å². The van der Waals surface area contributed by atoms with E-state index in [4.69, 9.17) is 19.0 Å². The number of ether oxygens (including phenoxy) is 2. The Hall–Kier alpha value is -4.59. The van der Waals surface area contributed by atoms with Gasteiger partial charge in [-0.05, 0) is 49.2 Å². The SMILES string of the molecule is CCOc1ccc(CN2C(=O)NC(c3ccccc3)C(c3nc(-c4cccc(OC)c4)no3)=C2C)cc1. The highest BCUT2D eigenvalue weighted by Gasteiger charge is 2.35. The van der Waals surface area contributed by atoms with Gasteiger partial charge in [0.15, 0.2) is 0 Å². The highest BCUT2D eigenvalue weighted by molar-refractivity contribution is 5.86. The van der Waals surface area contributed by atoms with Crippen molar-refractivity contribution in [2.24, 2.45) is 0 Å². The van der Waals surface area contributed by atoms with Gasteiger partial charge in [-0.2, -0.15) is 4.98 Å². The van der Waals surface area contributed by atoms with Crippen LogP contribution >= 0.6 is 0 Å². The molecule has 1 aromatic heterocycles. The van der Waals surface area contributed by atoms with Gasteiger partial charge in [0.25, 0.3) is 5.89 Å². The van der Waals surface area contributed by atoms with Gasteiger partial charge in [-0.1, -0.05) is 59.8 Å². The van der Waals surface area contributed by atoms with Crippen LogP contribution in [-0.4, -0.2) is 34.8 Å². The predicted octanol–water partition coefficient (Wildman–Crippen LogP) is 5.84. The van der Waals surface area contributed by atoms with Crippen LogP contribution in [0.5, 0.6) is 11.5 Å². The Bertz CT molecular complexity index is 1410. The number of methoxy groups -OCH3 is 1. The normalized spacial score (nSPS) is 15.5. The molecule has 5 rings (SSSR count). The summed E-state index contributed by atoms with van der Waals surface area (Å²) in [5, 5.41) is 7.37. The quantitative estimate of drug-likeness (QED) is 0.330. The van der Waals surface area contributed by atoms with Crippen molar-refractivity contribution in [2.45, 2.75) is 26.4 Å². The molecule has 0 aliphatic carbocycles. The van der Waals surface area contributed by atoms with E-state index in [0.29, 0.717) is 30.6 Å². The fourth-order valence-corrected chi connectivity index (χ4v) is 4.40. The van der Waals surface area contributed by atoms with E-state index in [2.05, 4.69) is 10.5 Å². The van der Waals surface area contributed by atoms with E-state index in [1.807, 2.05) is 92.7 Å². The van der Waals surface area contributed by atoms with Crippen LogP contribution in [0.2, 0.25) is 0 Å². The predicted molar refractivity (Wildman–Crippen MR) is 140 cm³/mol. The molecule has 2 amide bonds. The Labute approximate surface area is 215 Å². The van der Waals surface area contributed by atoms with E-state index in [1.165, 1.54) is 0 Å². The highest BCUT2D eigenvalue weighted by atomic mass is 16.5. The Morgan fingerprint density at radius 1 is 1.00 bits per heavy atom. The molecule has 8 heteroatoms. The number of allylic oxidation sites excluding steroid dienone is 1. The van der Waals surface area contributed by atoms with Crippen molar-refractivity contribution < 1.29 is 18.8 Å². The van der Waals surface area contributed by atoms with Crippen molar-refractivity contribution >= 4 is 11.6 Å². The van der Waals surface area contributed by atoms with Gasteiger partial charge < -0.3 is 19.3 Å². The van der Waals surface area contributed by atoms with E-state index in [-0.39, 0.29) is 6.03 Å². The van der Waals surface area contributed by atoms with Gasteiger partial charge in [-0.15, -0.1) is 0 Å². The standard InChI is InChI=1S/C29H28N4O4/c1-4-36-23-15-13-20(14-16-23)18-33-19(2)25(26(30-29(33)34)21-9-6-5-7-10-21)28-31-27(32-37-28)22-11-8-12-24(17-22)35-3/h5-17,26H,4,18H2,1-3H3,(H,30,34). The number of urea groups is 1. The third-order valence-corrected chi connectivity index (χ3v) is 6.29. The number of hydrogen-bond donors (Lipinski definition) is 1. The summed E-state index contributed by atoms with van der Waals surface area (Å²) in [6.07, 6.45) is 0. The van der Waals surface area contributed by atoms with E-state index in [1.54, 1.807) is 12.0 Å². The molecule has 0 spiro atoms. The zero-order valence-electron chi connectivity index (χ0n) is 21.0. The van der Waals surface area contributed by atoms with Gasteiger partial charge in [0.05, 0.1) is 31.9 Å². The number of hydrogen-bond acceptors (Lipinski definition) is 6. The molecule has 188 valence electrons. The summed E-state index contributed by atoms with van der Waals surface area (Å²) in [4.78, 5) is 19.7. The molecule has 3 aromatic carbocycles. The largest absolute Gasteiger partial charge is 0.497 e. The third-order valence-electron chi connectivity index (χ3n) is 6.29. The minimum absolute atomic E-state index is 0.198. The fourth-order valence-electron chi connectivity index (χ4n) is 4.40. The van der Waals surface area contributed by atoms with Gasteiger partial charge in [-0.3, -0.25) is 4.90 Å². The average Bonchev–Trinajstić information content (AvgIpc) is 3.42. The average molecular weight is 497 g/mol. The molecule has 0 radical (unpaired) electrons. The maximum atomic E-state index is 13.3. The molecule has 1 aliphatic heterocycles. The van der Waals surface area contributed by atoms with Crippen LogP contribution in [0, 0.1) is 0 Å². The van der Waals surface area contributed by atoms with Crippen molar-refractivity contribution in [1.82, 2.24) is 20.4 Å². The molecule has 8 nitrogen and oxygen atoms in total. The minimum atomic E-state index is -0.441. The summed E-state index contributed by atoms with van der Waals surface area (Å²) < 4.78 is 16.7. The minimum Gasteiger partial charge on any atom is -0.497 e. The third kappa shape index (κ3) is 5.04. The first-order chi connectivity index (χ1) is 18.1. The zero-order chi connectivity index (χ0) is 25.8. The highest BCUT2D eigenvalue weighted by Crippen LogP contribution is 2.38. The van der Waals surface area contributed by atoms with Gasteiger partial charge in [0.1, 0.15) is 11.5 Å². The molecule has 1 unspecified atom stereocenters. The van der Waals surface area contributed by atoms with Crippen molar-refractivity contribution in [1.29, 1.82) is 0 Å². The first-order valence-electron chi connectivity index (χ1n) is 12.1. The summed E-state index contributed by atoms with van der Waals surface area (Å²) >= 11 is 0. The number of nitrogens with one attached hydrogen (secondary N) is 1. The maximum absolute atomic E-state index is 13.3. The molecule has 4 aromatic rings. The number of aromatic nitrogens is 2. The fraction of sp³-hybridized carbons (Fsp3) is 0.207. The molecule has 0 saturated heterocycles. The smallest absolute Gasteiger partial charge is 0.322 e. The number of carbonyl (C=O) groups excluding carboxylic acids is 1. The van der Waals surface area contributed by atoms with Gasteiger partial charge >= 0.3 is 6.03 Å². The van der Waals surface area contributed by atoms with Crippen LogP contribution in [0.3, 0.4) is 0 Å². The van der Waals surface area contributed by atoms with Crippen LogP contribution in [0.25, 0.3) is 17.0 Å². The summed E-state index contributed by atoms with van der Waals surface area (Å²) in [5.74, 6) is 2.28. The molecular formula is C29H28N4O4. The molecule has 1 aliphatic rings. The molecule has 0 saturated carbocycles. The van der Waals surface area contributed by atoms with Crippen LogP contribution < -0.4 is 14.8 Å². The molecule has 37 heavy (non-hydrogen) atoms. The van der Waals surface area contributed by atoms with E-state index in [0.717, 1.165) is 33.7 Å². The lowest BCUT2D eigenvalue weighted by Crippen LogP contribution is -2.45. The Balaban J connectivity index is 1.54. The Morgan fingerprint density at radius 3 is 2.51 bits per heavy atom. The van der Waals surface area contributed by atoms with Crippen LogP contribution in [0.15, 0.2) is 89.1 Å². The Kier molecular flexibility index (Phi) is 6.89. The van der Waals surface area contributed by atoms with E-state index >= 15 is 0 Å². The van der Waals surface area contributed by atoms with E-state index < -0.39 is 6.04 Å². The second kappa shape index (κ2) is 10.6. The lowest BCUT2D eigenvalue weighted by Gasteiger charge is -2.35. The van der Waals surface area contributed by atoms with Crippen LogP contribution in [0.1, 0.15) is 36.9 Å². The summed E-state index contributed by atoms with van der Waals surface area (Å²) in [6, 6.07) is 24.3. The summed E-state index contributed by atoms with van der Waals surface area (Å²) in [5.41, 5.74) is 4.16. The number of benzene rings is 3. The summed E-state index contributed by atoms with van der Waals surface area (Å²) in [7, 11) is 1.61. The zero-order valence-corrected chi connectivity index (χ0v) is 21.0. The topological polar surface area (TPSA) is 89.7 Å². The first kappa shape index (κ1) is 24.1. The molecule has 2 heterocycles. The van der Waals surface area contributed by atoms with Crippen molar-refractivity contribution in [3.63, 3.8) is 0 Å². The molecule has 1 atom stereocenters. The van der Waals surface area contributed by atoms with Crippen LogP contribution in [0.4, 0.5) is 4.79 Å². The second-order valence-electron chi connectivity index (χ2n) is 8.61. The monoisotopic (exact) mass is 496 g/mol. The van der Waals surface area contributed by atoms with Crippen molar-refractivity contribution in [2.75, 3.05) is 13.7 Å². The van der Waals surface area contributed by atoms with Crippen molar-refractivity contribution in [3.8, 4) is 22.9 Å². The molecule has 1 N–H and O–H groups in total. The Morgan fingerprint density at radius 2 is 1.78 bits per heavy atom. The molecule has 0 fully saturated rings. The number of nitrogens with zero attached hydrogens (tertiary/aromatic N) is 3. The van der Waals surface area contributed by atoms with Gasteiger partial charge in [0.2, 0.25) is 5.82 Å². The van der Waals surface area contributed by atoms with Crippen LogP contribution in [-0.2, 0) is 6.54 Å². The second-order valence-corrected chi connectivity index (χ2v) is 8.61. The lowest BCUT2D eigenvalue weighted by molar-refractivity contribution is 0.203. The number of amides is 2. The molecule has 0 bridgehead atoms. The first-order valence-corrected chi connectivity index (χ1v) is 12.1. The lowest BCUT2D eigenvalue weighted by atomic mass is 9.94. The number of carbonyl (C=O) groups is 1. The maximum Gasteiger partial charge on any atom is 0.322 e. The number of rotatable bonds is 8. The summed E-state index contributed by atoms with van der Waals surface area (Å²) in [6.45, 7) is 4.84. The molecular weight excluding hydrogens is 468 g/mol. The van der Waals surface area contributed by atoms with E-state index in [9.17, 15) is 4.79 Å². The van der Waals surface area contributed by atoms with Gasteiger partial charge in [0, 0.05) is 11.3 Å².